The van der Waals surface area contributed by atoms with E-state index < -0.39 is 0 Å². The summed E-state index contributed by atoms with van der Waals surface area (Å²) in [6.07, 6.45) is 0.289. The van der Waals surface area contributed by atoms with Gasteiger partial charge in [0.1, 0.15) is 5.82 Å². The summed E-state index contributed by atoms with van der Waals surface area (Å²) in [6.45, 7) is 9.35. The lowest BCUT2D eigenvalue weighted by molar-refractivity contribution is -0.120. The smallest absolute Gasteiger partial charge is 0.224 e. The Morgan fingerprint density at radius 1 is 1.28 bits per heavy atom. The molecule has 5 nitrogen and oxygen atoms in total. The summed E-state index contributed by atoms with van der Waals surface area (Å²) in [5, 5.41) is 10.7. The average Bonchev–Trinajstić information content (AvgIpc) is 2.82. The molecular formula is C18H26ClFN4O. The van der Waals surface area contributed by atoms with E-state index in [1.807, 2.05) is 27.7 Å². The molecule has 0 saturated heterocycles. The summed E-state index contributed by atoms with van der Waals surface area (Å²) in [4.78, 5) is 12.2. The molecule has 0 saturated carbocycles. The molecule has 0 fully saturated rings. The number of hydrogen-bond acceptors (Lipinski definition) is 3. The van der Waals surface area contributed by atoms with E-state index in [4.69, 9.17) is 0 Å². The summed E-state index contributed by atoms with van der Waals surface area (Å²) in [6, 6.07) is 6.40. The van der Waals surface area contributed by atoms with E-state index in [1.54, 1.807) is 16.8 Å². The second kappa shape index (κ2) is 9.53. The Labute approximate surface area is 154 Å². The Kier molecular flexibility index (Phi) is 8.06. The van der Waals surface area contributed by atoms with Crippen LogP contribution in [0.3, 0.4) is 0 Å². The molecule has 7 heteroatoms. The zero-order valence-corrected chi connectivity index (χ0v) is 15.9. The number of aromatic nitrogens is 2. The molecule has 0 aliphatic rings. The Bertz CT molecular complexity index is 700. The molecule has 0 aliphatic carbocycles. The fourth-order valence-corrected chi connectivity index (χ4v) is 2.68. The number of carbonyl (C=O) groups excluding carboxylic acids is 1. The second-order valence-electron chi connectivity index (χ2n) is 5.98. The minimum atomic E-state index is -0.283. The maximum atomic E-state index is 13.1. The second-order valence-corrected chi connectivity index (χ2v) is 5.98. The monoisotopic (exact) mass is 368 g/mol. The van der Waals surface area contributed by atoms with Crippen LogP contribution in [0, 0.1) is 19.7 Å². The first-order valence-corrected chi connectivity index (χ1v) is 8.23. The van der Waals surface area contributed by atoms with E-state index in [0.717, 1.165) is 29.2 Å². The molecule has 0 bridgehead atoms. The molecular weight excluding hydrogens is 343 g/mol. The zero-order chi connectivity index (χ0) is 17.7. The summed E-state index contributed by atoms with van der Waals surface area (Å²) >= 11 is 0. The molecule has 0 radical (unpaired) electrons. The van der Waals surface area contributed by atoms with Crippen molar-refractivity contribution in [1.29, 1.82) is 0 Å². The topological polar surface area (TPSA) is 58.9 Å². The third kappa shape index (κ3) is 5.54. The maximum absolute atomic E-state index is 13.1. The number of hydrogen-bond donors (Lipinski definition) is 2. The normalized spacial score (nSPS) is 11.7. The first-order valence-electron chi connectivity index (χ1n) is 8.23. The van der Waals surface area contributed by atoms with Gasteiger partial charge >= 0.3 is 0 Å². The lowest BCUT2D eigenvalue weighted by atomic mass is 10.1. The first kappa shape index (κ1) is 21.1. The van der Waals surface area contributed by atoms with Crippen LogP contribution >= 0.6 is 12.4 Å². The van der Waals surface area contributed by atoms with Crippen molar-refractivity contribution in [2.45, 2.75) is 40.2 Å². The molecule has 0 spiro atoms. The highest BCUT2D eigenvalue weighted by atomic mass is 35.5. The molecule has 1 heterocycles. The molecule has 2 N–H and O–H groups in total. The molecule has 1 atom stereocenters. The van der Waals surface area contributed by atoms with Gasteiger partial charge in [-0.15, -0.1) is 12.4 Å². The van der Waals surface area contributed by atoms with Crippen LogP contribution in [0.2, 0.25) is 0 Å². The minimum absolute atomic E-state index is 0. The Hall–Kier alpha value is -1.92. The van der Waals surface area contributed by atoms with Crippen molar-refractivity contribution in [1.82, 2.24) is 20.4 Å². The van der Waals surface area contributed by atoms with Crippen LogP contribution in [0.15, 0.2) is 24.3 Å². The number of halogens is 2. The summed E-state index contributed by atoms with van der Waals surface area (Å²) < 4.78 is 14.8. The maximum Gasteiger partial charge on any atom is 0.224 e. The van der Waals surface area contributed by atoms with Gasteiger partial charge in [-0.05, 0) is 51.6 Å². The average molecular weight is 369 g/mol. The lowest BCUT2D eigenvalue weighted by Gasteiger charge is -2.13. The SMILES string of the molecule is CCN[C@H](C)CNC(=O)Cc1c(C)nn(-c2ccc(F)cc2)c1C.Cl. The summed E-state index contributed by atoms with van der Waals surface area (Å²) in [5.41, 5.74) is 3.40. The number of rotatable bonds is 7. The van der Waals surface area contributed by atoms with Crippen molar-refractivity contribution >= 4 is 18.3 Å². The molecule has 138 valence electrons. The largest absolute Gasteiger partial charge is 0.354 e. The van der Waals surface area contributed by atoms with Gasteiger partial charge in [-0.1, -0.05) is 6.92 Å². The van der Waals surface area contributed by atoms with Crippen LogP contribution in [0.1, 0.15) is 30.8 Å². The highest BCUT2D eigenvalue weighted by molar-refractivity contribution is 5.85. The molecule has 0 aliphatic heterocycles. The van der Waals surface area contributed by atoms with Gasteiger partial charge in [-0.25, -0.2) is 9.07 Å². The van der Waals surface area contributed by atoms with Gasteiger partial charge in [0.2, 0.25) is 5.91 Å². The van der Waals surface area contributed by atoms with Crippen molar-refractivity contribution in [2.75, 3.05) is 13.1 Å². The van der Waals surface area contributed by atoms with Crippen LogP contribution in [-0.4, -0.2) is 34.8 Å². The minimum Gasteiger partial charge on any atom is -0.354 e. The lowest BCUT2D eigenvalue weighted by Crippen LogP contribution is -2.39. The van der Waals surface area contributed by atoms with Crippen molar-refractivity contribution < 1.29 is 9.18 Å². The zero-order valence-electron chi connectivity index (χ0n) is 15.1. The van der Waals surface area contributed by atoms with Crippen LogP contribution in [0.4, 0.5) is 4.39 Å². The fourth-order valence-electron chi connectivity index (χ4n) is 2.68. The number of amides is 1. The molecule has 0 unspecified atom stereocenters. The Balaban J connectivity index is 0.00000312. The third-order valence-electron chi connectivity index (χ3n) is 4.01. The third-order valence-corrected chi connectivity index (χ3v) is 4.01. The van der Waals surface area contributed by atoms with E-state index in [2.05, 4.69) is 15.7 Å². The van der Waals surface area contributed by atoms with Gasteiger partial charge in [0.15, 0.2) is 0 Å². The number of likely N-dealkylation sites (N-methyl/N-ethyl adjacent to an activating group) is 1. The fraction of sp³-hybridized carbons (Fsp3) is 0.444. The predicted octanol–water partition coefficient (Wildman–Crippen LogP) is 2.71. The predicted molar refractivity (Wildman–Crippen MR) is 100 cm³/mol. The van der Waals surface area contributed by atoms with Gasteiger partial charge in [0, 0.05) is 23.8 Å². The molecule has 1 amide bonds. The van der Waals surface area contributed by atoms with Crippen LogP contribution in [0.25, 0.3) is 5.69 Å². The number of benzene rings is 1. The molecule has 25 heavy (non-hydrogen) atoms. The quantitative estimate of drug-likeness (QED) is 0.790. The first-order chi connectivity index (χ1) is 11.4. The van der Waals surface area contributed by atoms with Gasteiger partial charge in [0.05, 0.1) is 17.8 Å². The standard InChI is InChI=1S/C18H25FN4O.ClH/c1-5-20-12(2)11-21-18(24)10-17-13(3)22-23(14(17)4)16-8-6-15(19)7-9-16;/h6-9,12,20H,5,10-11H2,1-4H3,(H,21,24);1H/t12-;/m1./s1. The highest BCUT2D eigenvalue weighted by Gasteiger charge is 2.16. The van der Waals surface area contributed by atoms with Crippen molar-refractivity contribution in [3.05, 3.63) is 47.0 Å². The van der Waals surface area contributed by atoms with Gasteiger partial charge in [-0.3, -0.25) is 4.79 Å². The van der Waals surface area contributed by atoms with Crippen molar-refractivity contribution in [3.8, 4) is 5.69 Å². The highest BCUT2D eigenvalue weighted by Crippen LogP contribution is 2.18. The number of carbonyl (C=O) groups is 1. The van der Waals surface area contributed by atoms with Crippen LogP contribution < -0.4 is 10.6 Å². The van der Waals surface area contributed by atoms with Gasteiger partial charge in [-0.2, -0.15) is 5.10 Å². The summed E-state index contributed by atoms with van der Waals surface area (Å²) in [5.74, 6) is -0.306. The van der Waals surface area contributed by atoms with Crippen molar-refractivity contribution in [3.63, 3.8) is 0 Å². The Morgan fingerprint density at radius 3 is 2.52 bits per heavy atom. The van der Waals surface area contributed by atoms with Crippen LogP contribution in [-0.2, 0) is 11.2 Å². The number of nitrogens with one attached hydrogen (secondary N) is 2. The van der Waals surface area contributed by atoms with E-state index in [-0.39, 0.29) is 36.6 Å². The van der Waals surface area contributed by atoms with Crippen LogP contribution in [0.5, 0.6) is 0 Å². The molecule has 1 aromatic carbocycles. The molecule has 2 aromatic rings. The van der Waals surface area contributed by atoms with Gasteiger partial charge in [0.25, 0.3) is 0 Å². The van der Waals surface area contributed by atoms with Gasteiger partial charge < -0.3 is 10.6 Å². The van der Waals surface area contributed by atoms with E-state index in [1.165, 1.54) is 12.1 Å². The molecule has 2 rings (SSSR count). The number of nitrogens with zero attached hydrogens (tertiary/aromatic N) is 2. The van der Waals surface area contributed by atoms with Crippen molar-refractivity contribution in [2.24, 2.45) is 0 Å². The number of aryl methyl sites for hydroxylation is 1. The Morgan fingerprint density at radius 2 is 1.92 bits per heavy atom. The molecule has 1 aromatic heterocycles. The summed E-state index contributed by atoms with van der Waals surface area (Å²) in [7, 11) is 0. The van der Waals surface area contributed by atoms with E-state index in [0.29, 0.717) is 6.54 Å². The van der Waals surface area contributed by atoms with E-state index in [9.17, 15) is 9.18 Å². The van der Waals surface area contributed by atoms with E-state index >= 15 is 0 Å².